The molecule has 4 aliphatic carbocycles. The fourth-order valence-corrected chi connectivity index (χ4v) is 9.38. The van der Waals surface area contributed by atoms with Crippen LogP contribution < -0.4 is 16.4 Å². The Hall–Kier alpha value is -0.650. The van der Waals surface area contributed by atoms with Crippen molar-refractivity contribution in [2.45, 2.75) is 97.4 Å². The van der Waals surface area contributed by atoms with E-state index < -0.39 is 5.97 Å². The van der Waals surface area contributed by atoms with E-state index in [-0.39, 0.29) is 0 Å². The summed E-state index contributed by atoms with van der Waals surface area (Å²) in [4.78, 5) is 11.1. The van der Waals surface area contributed by atoms with Crippen LogP contribution in [0.25, 0.3) is 0 Å². The first-order valence-electron chi connectivity index (χ1n) is 13.7. The zero-order valence-electron chi connectivity index (χ0n) is 20.9. The highest BCUT2D eigenvalue weighted by Gasteiger charge is 2.60. The van der Waals surface area contributed by atoms with E-state index in [0.717, 1.165) is 49.2 Å². The van der Waals surface area contributed by atoms with Crippen LogP contribution in [0, 0.1) is 46.3 Å². The minimum Gasteiger partial charge on any atom is -0.481 e. The quantitative estimate of drug-likeness (QED) is 0.306. The Morgan fingerprint density at radius 1 is 1.06 bits per heavy atom. The van der Waals surface area contributed by atoms with Gasteiger partial charge in [-0.05, 0) is 111 Å². The van der Waals surface area contributed by atoms with Crippen LogP contribution in [0.15, 0.2) is 0 Å². The minimum absolute atomic E-state index is 0.334. The lowest BCUT2D eigenvalue weighted by Crippen LogP contribution is -2.55. The molecule has 4 unspecified atom stereocenters. The molecule has 4 fully saturated rings. The summed E-state index contributed by atoms with van der Waals surface area (Å²) >= 11 is 0. The molecule has 4 saturated carbocycles. The lowest BCUT2D eigenvalue weighted by atomic mass is 9.44. The van der Waals surface area contributed by atoms with Crippen molar-refractivity contribution in [3.8, 4) is 0 Å². The monoisotopic (exact) mass is 447 g/mol. The van der Waals surface area contributed by atoms with Gasteiger partial charge in [0, 0.05) is 32.2 Å². The van der Waals surface area contributed by atoms with Gasteiger partial charge in [-0.1, -0.05) is 20.8 Å². The second kappa shape index (κ2) is 9.92. The predicted octanol–water partition coefficient (Wildman–Crippen LogP) is 4.61. The van der Waals surface area contributed by atoms with Crippen LogP contribution in [0.2, 0.25) is 0 Å². The Kier molecular flexibility index (Phi) is 7.58. The number of aliphatic carboxylic acids is 1. The van der Waals surface area contributed by atoms with E-state index in [1.54, 1.807) is 0 Å². The summed E-state index contributed by atoms with van der Waals surface area (Å²) in [5.74, 6) is 4.18. The predicted molar refractivity (Wildman–Crippen MR) is 130 cm³/mol. The molecule has 5 heteroatoms. The molecule has 0 saturated heterocycles. The molecule has 0 aliphatic heterocycles. The maximum absolute atomic E-state index is 11.1. The Labute approximate surface area is 196 Å². The van der Waals surface area contributed by atoms with Gasteiger partial charge in [0.15, 0.2) is 0 Å². The Bertz CT molecular complexity index is 657. The Morgan fingerprint density at radius 3 is 2.56 bits per heavy atom. The van der Waals surface area contributed by atoms with Crippen molar-refractivity contribution in [3.05, 3.63) is 0 Å². The van der Waals surface area contributed by atoms with Crippen LogP contribution in [0.1, 0.15) is 91.4 Å². The molecule has 5 nitrogen and oxygen atoms in total. The zero-order chi connectivity index (χ0) is 22.9. The van der Waals surface area contributed by atoms with E-state index in [1.165, 1.54) is 57.8 Å². The number of hydrogen-bond acceptors (Lipinski definition) is 4. The molecule has 0 spiro atoms. The maximum Gasteiger partial charge on any atom is 0.303 e. The molecule has 9 atom stereocenters. The number of carboxylic acid groups (broad SMARTS) is 1. The number of nitrogens with two attached hydrogens (primary N) is 1. The molecule has 0 amide bonds. The van der Waals surface area contributed by atoms with Crippen molar-refractivity contribution in [2.24, 2.45) is 52.1 Å². The number of rotatable bonds is 9. The standard InChI is InChI=1S/C27H49N3O2/c1-18(4-9-25(31)32)22-7-8-23-21-6-5-19-16-20(30-17-29-15-14-28)10-12-26(19,2)24(21)11-13-27(22,23)3/h18-24,29-30H,4-17,28H2,1-3H3,(H,31,32)/t18?,19-,20-,21?,22+,23?,24?,26-,27+/m0/s1. The number of fused-ring (bicyclic) bond motifs is 5. The molecule has 184 valence electrons. The fraction of sp³-hybridized carbons (Fsp3) is 0.963. The van der Waals surface area contributed by atoms with Gasteiger partial charge < -0.3 is 21.5 Å². The Morgan fingerprint density at radius 2 is 1.81 bits per heavy atom. The lowest BCUT2D eigenvalue weighted by Gasteiger charge is -2.61. The molecule has 32 heavy (non-hydrogen) atoms. The molecule has 0 aromatic carbocycles. The minimum atomic E-state index is -0.633. The van der Waals surface area contributed by atoms with Gasteiger partial charge in [-0.2, -0.15) is 0 Å². The molecule has 0 radical (unpaired) electrons. The van der Waals surface area contributed by atoms with Gasteiger partial charge in [0.05, 0.1) is 0 Å². The largest absolute Gasteiger partial charge is 0.481 e. The van der Waals surface area contributed by atoms with E-state index in [0.29, 0.717) is 35.8 Å². The third kappa shape index (κ3) is 4.51. The number of hydrogen-bond donors (Lipinski definition) is 4. The zero-order valence-corrected chi connectivity index (χ0v) is 20.9. The summed E-state index contributed by atoms with van der Waals surface area (Å²) < 4.78 is 0. The number of carbonyl (C=O) groups is 1. The Balaban J connectivity index is 1.39. The van der Waals surface area contributed by atoms with Crippen LogP contribution >= 0.6 is 0 Å². The van der Waals surface area contributed by atoms with Crippen LogP contribution in [0.4, 0.5) is 0 Å². The second-order valence-electron chi connectivity index (χ2n) is 12.4. The van der Waals surface area contributed by atoms with E-state index in [2.05, 4.69) is 31.4 Å². The third-order valence-corrected chi connectivity index (χ3v) is 11.1. The summed E-state index contributed by atoms with van der Waals surface area (Å²) in [6, 6.07) is 0.662. The van der Waals surface area contributed by atoms with Crippen LogP contribution in [0.3, 0.4) is 0 Å². The number of carboxylic acids is 1. The lowest BCUT2D eigenvalue weighted by molar-refractivity contribution is -0.137. The molecular weight excluding hydrogens is 398 g/mol. The molecule has 4 aliphatic rings. The topological polar surface area (TPSA) is 87.4 Å². The van der Waals surface area contributed by atoms with E-state index >= 15 is 0 Å². The highest BCUT2D eigenvalue weighted by Crippen LogP contribution is 2.68. The molecule has 0 heterocycles. The molecule has 4 rings (SSSR count). The summed E-state index contributed by atoms with van der Waals surface area (Å²) in [7, 11) is 0. The second-order valence-corrected chi connectivity index (χ2v) is 12.4. The SMILES string of the molecule is CC(CCC(=O)O)[C@H]1CCC2C3CC[C@H]4C[C@@H](NCNCCN)CC[C@]4(C)C3CC[C@@]21C. The molecular formula is C27H49N3O2. The van der Waals surface area contributed by atoms with Crippen molar-refractivity contribution >= 4 is 5.97 Å². The average Bonchev–Trinajstić information content (AvgIpc) is 3.12. The normalized spacial score (nSPS) is 44.4. The van der Waals surface area contributed by atoms with Gasteiger partial charge in [0.2, 0.25) is 0 Å². The number of nitrogens with one attached hydrogen (secondary N) is 2. The summed E-state index contributed by atoms with van der Waals surface area (Å²) in [6.07, 6.45) is 13.6. The molecule has 0 aromatic rings. The van der Waals surface area contributed by atoms with E-state index in [9.17, 15) is 9.90 Å². The van der Waals surface area contributed by atoms with Gasteiger partial charge in [-0.15, -0.1) is 0 Å². The van der Waals surface area contributed by atoms with Crippen molar-refractivity contribution in [3.63, 3.8) is 0 Å². The van der Waals surface area contributed by atoms with Gasteiger partial charge in [-0.25, -0.2) is 0 Å². The smallest absolute Gasteiger partial charge is 0.303 e. The van der Waals surface area contributed by atoms with Gasteiger partial charge >= 0.3 is 5.97 Å². The molecule has 5 N–H and O–H groups in total. The van der Waals surface area contributed by atoms with Crippen molar-refractivity contribution in [2.75, 3.05) is 19.8 Å². The summed E-state index contributed by atoms with van der Waals surface area (Å²) in [6.45, 7) is 10.1. The van der Waals surface area contributed by atoms with Gasteiger partial charge in [0.1, 0.15) is 0 Å². The molecule has 0 aromatic heterocycles. The highest BCUT2D eigenvalue weighted by molar-refractivity contribution is 5.66. The fourth-order valence-electron chi connectivity index (χ4n) is 9.38. The van der Waals surface area contributed by atoms with Gasteiger partial charge in [0.25, 0.3) is 0 Å². The third-order valence-electron chi connectivity index (χ3n) is 11.1. The van der Waals surface area contributed by atoms with Crippen molar-refractivity contribution in [1.82, 2.24) is 10.6 Å². The summed E-state index contributed by atoms with van der Waals surface area (Å²) in [5.41, 5.74) is 6.57. The van der Waals surface area contributed by atoms with E-state index in [4.69, 9.17) is 5.73 Å². The maximum atomic E-state index is 11.1. The highest BCUT2D eigenvalue weighted by atomic mass is 16.4. The van der Waals surface area contributed by atoms with Crippen molar-refractivity contribution in [1.29, 1.82) is 0 Å². The summed E-state index contributed by atoms with van der Waals surface area (Å²) in [5, 5.41) is 16.3. The first-order valence-corrected chi connectivity index (χ1v) is 13.7. The first-order chi connectivity index (χ1) is 15.3. The van der Waals surface area contributed by atoms with Crippen molar-refractivity contribution < 1.29 is 9.90 Å². The van der Waals surface area contributed by atoms with Crippen LogP contribution in [-0.2, 0) is 4.79 Å². The first kappa shape index (κ1) is 24.5. The average molecular weight is 448 g/mol. The van der Waals surface area contributed by atoms with Crippen LogP contribution in [0.5, 0.6) is 0 Å². The van der Waals surface area contributed by atoms with Gasteiger partial charge in [-0.3, -0.25) is 4.79 Å². The molecule has 0 bridgehead atoms. The van der Waals surface area contributed by atoms with E-state index in [1.807, 2.05) is 0 Å². The van der Waals surface area contributed by atoms with Crippen LogP contribution in [-0.4, -0.2) is 36.9 Å².